The second-order valence-electron chi connectivity index (χ2n) is 3.59. The maximum Gasteiger partial charge on any atom is 0.417 e. The first kappa shape index (κ1) is 15.5. The van der Waals surface area contributed by atoms with E-state index in [-0.39, 0.29) is 11.6 Å². The van der Waals surface area contributed by atoms with E-state index in [0.717, 1.165) is 12.1 Å². The van der Waals surface area contributed by atoms with Gasteiger partial charge in [0.15, 0.2) is 5.78 Å². The van der Waals surface area contributed by atoms with Crippen LogP contribution in [-0.2, 0) is 15.7 Å². The lowest BCUT2D eigenvalue weighted by Crippen LogP contribution is -2.17. The number of esters is 1. The number of ketones is 1. The summed E-state index contributed by atoms with van der Waals surface area (Å²) in [4.78, 5) is 22.8. The van der Waals surface area contributed by atoms with E-state index in [2.05, 4.69) is 4.74 Å². The molecule has 1 rings (SSSR count). The molecule has 0 aromatic heterocycles. The van der Waals surface area contributed by atoms with E-state index in [4.69, 9.17) is 11.6 Å². The minimum atomic E-state index is -4.72. The van der Waals surface area contributed by atoms with Gasteiger partial charge in [0.2, 0.25) is 0 Å². The van der Waals surface area contributed by atoms with Crippen LogP contribution in [0.2, 0.25) is 5.02 Å². The molecule has 19 heavy (non-hydrogen) atoms. The number of Topliss-reactive ketones (excluding diaryl/α,β-unsaturated/α-hetero) is 1. The molecule has 3 nitrogen and oxygen atoms in total. The van der Waals surface area contributed by atoms with E-state index in [1.165, 1.54) is 6.92 Å². The van der Waals surface area contributed by atoms with Crippen LogP contribution >= 0.6 is 11.6 Å². The number of hydrogen-bond donors (Lipinski definition) is 0. The molecule has 1 aromatic carbocycles. The summed E-state index contributed by atoms with van der Waals surface area (Å²) in [5, 5.41) is -0.139. The summed E-state index contributed by atoms with van der Waals surface area (Å²) < 4.78 is 42.8. The molecule has 0 aliphatic heterocycles. The normalized spacial score (nSPS) is 11.2. The van der Waals surface area contributed by atoms with Gasteiger partial charge in [0, 0.05) is 10.6 Å². The number of carbonyl (C=O) groups is 2. The van der Waals surface area contributed by atoms with Crippen molar-refractivity contribution in [1.82, 2.24) is 0 Å². The van der Waals surface area contributed by atoms with Crippen LogP contribution in [0.5, 0.6) is 0 Å². The van der Waals surface area contributed by atoms with Gasteiger partial charge in [-0.05, 0) is 25.1 Å². The highest BCUT2D eigenvalue weighted by molar-refractivity contribution is 6.30. The Morgan fingerprint density at radius 1 is 1.32 bits per heavy atom. The van der Waals surface area contributed by atoms with Crippen LogP contribution in [0.25, 0.3) is 0 Å². The molecule has 104 valence electrons. The number of benzene rings is 1. The van der Waals surface area contributed by atoms with Crippen molar-refractivity contribution >= 4 is 23.4 Å². The molecular formula is C12H10ClF3O3. The number of hydrogen-bond acceptors (Lipinski definition) is 3. The molecule has 0 amide bonds. The Morgan fingerprint density at radius 3 is 2.47 bits per heavy atom. The molecule has 0 bridgehead atoms. The van der Waals surface area contributed by atoms with Gasteiger partial charge in [0.05, 0.1) is 12.2 Å². The molecule has 0 N–H and O–H groups in total. The quantitative estimate of drug-likeness (QED) is 0.485. The first-order valence-corrected chi connectivity index (χ1v) is 5.69. The SMILES string of the molecule is CCOC(=O)CC(=O)c1ccc(Cl)cc1C(F)(F)F. The Kier molecular flexibility index (Phi) is 4.94. The summed E-state index contributed by atoms with van der Waals surface area (Å²) in [6.45, 7) is 1.59. The fraction of sp³-hybridized carbons (Fsp3) is 0.333. The second-order valence-corrected chi connectivity index (χ2v) is 4.03. The van der Waals surface area contributed by atoms with Crippen LogP contribution in [0.4, 0.5) is 13.2 Å². The molecule has 0 unspecified atom stereocenters. The first-order chi connectivity index (χ1) is 8.75. The Morgan fingerprint density at radius 2 is 1.95 bits per heavy atom. The molecule has 0 aliphatic rings. The third kappa shape index (κ3) is 4.24. The van der Waals surface area contributed by atoms with E-state index < -0.39 is 35.5 Å². The Labute approximate surface area is 112 Å². The number of alkyl halides is 3. The van der Waals surface area contributed by atoms with Crippen molar-refractivity contribution in [3.05, 3.63) is 34.3 Å². The van der Waals surface area contributed by atoms with E-state index in [0.29, 0.717) is 6.07 Å². The standard InChI is InChI=1S/C12H10ClF3O3/c1-2-19-11(18)6-10(17)8-4-3-7(13)5-9(8)12(14,15)16/h3-5H,2,6H2,1H3. The monoisotopic (exact) mass is 294 g/mol. The Hall–Kier alpha value is -1.56. The highest BCUT2D eigenvalue weighted by Gasteiger charge is 2.35. The molecule has 0 radical (unpaired) electrons. The summed E-state index contributed by atoms with van der Waals surface area (Å²) >= 11 is 5.48. The highest BCUT2D eigenvalue weighted by atomic mass is 35.5. The number of rotatable bonds is 4. The lowest BCUT2D eigenvalue weighted by Gasteiger charge is -2.12. The van der Waals surface area contributed by atoms with Crippen molar-refractivity contribution in [3.63, 3.8) is 0 Å². The van der Waals surface area contributed by atoms with Crippen molar-refractivity contribution in [3.8, 4) is 0 Å². The van der Waals surface area contributed by atoms with Gasteiger partial charge < -0.3 is 4.74 Å². The van der Waals surface area contributed by atoms with Crippen LogP contribution in [0.3, 0.4) is 0 Å². The lowest BCUT2D eigenvalue weighted by atomic mass is 10.0. The molecular weight excluding hydrogens is 285 g/mol. The number of halogens is 4. The zero-order valence-electron chi connectivity index (χ0n) is 9.88. The smallest absolute Gasteiger partial charge is 0.417 e. The second kappa shape index (κ2) is 6.06. The molecule has 0 spiro atoms. The minimum Gasteiger partial charge on any atom is -0.466 e. The van der Waals surface area contributed by atoms with Gasteiger partial charge in [-0.1, -0.05) is 11.6 Å². The van der Waals surface area contributed by atoms with Crippen molar-refractivity contribution < 1.29 is 27.5 Å². The third-order valence-corrected chi connectivity index (χ3v) is 2.43. The summed E-state index contributed by atoms with van der Waals surface area (Å²) in [5.74, 6) is -1.82. The summed E-state index contributed by atoms with van der Waals surface area (Å²) in [6, 6.07) is 2.77. The zero-order valence-corrected chi connectivity index (χ0v) is 10.6. The van der Waals surface area contributed by atoms with Gasteiger partial charge in [-0.15, -0.1) is 0 Å². The van der Waals surface area contributed by atoms with E-state index >= 15 is 0 Å². The summed E-state index contributed by atoms with van der Waals surface area (Å²) in [5.41, 5.74) is -1.75. The van der Waals surface area contributed by atoms with Gasteiger partial charge in [-0.25, -0.2) is 0 Å². The third-order valence-electron chi connectivity index (χ3n) is 2.20. The Bertz CT molecular complexity index is 497. The molecule has 1 aromatic rings. The molecule has 0 atom stereocenters. The predicted octanol–water partition coefficient (Wildman–Crippen LogP) is 3.49. The maximum absolute atomic E-state index is 12.7. The van der Waals surface area contributed by atoms with Crippen molar-refractivity contribution in [2.75, 3.05) is 6.61 Å². The fourth-order valence-electron chi connectivity index (χ4n) is 1.43. The molecule has 0 saturated heterocycles. The van der Waals surface area contributed by atoms with E-state index in [9.17, 15) is 22.8 Å². The van der Waals surface area contributed by atoms with Crippen molar-refractivity contribution in [2.24, 2.45) is 0 Å². The van der Waals surface area contributed by atoms with Crippen LogP contribution in [0.1, 0.15) is 29.3 Å². The number of carbonyl (C=O) groups excluding carboxylic acids is 2. The Balaban J connectivity index is 3.06. The molecule has 7 heteroatoms. The number of ether oxygens (including phenoxy) is 1. The average molecular weight is 295 g/mol. The van der Waals surface area contributed by atoms with Gasteiger partial charge >= 0.3 is 12.1 Å². The average Bonchev–Trinajstić information content (AvgIpc) is 2.27. The summed E-state index contributed by atoms with van der Waals surface area (Å²) in [7, 11) is 0. The molecule has 0 aliphatic carbocycles. The summed E-state index contributed by atoms with van der Waals surface area (Å²) in [6.07, 6.45) is -5.46. The van der Waals surface area contributed by atoms with Crippen LogP contribution in [0, 0.1) is 0 Å². The zero-order chi connectivity index (χ0) is 14.6. The van der Waals surface area contributed by atoms with Crippen molar-refractivity contribution in [2.45, 2.75) is 19.5 Å². The molecule has 0 saturated carbocycles. The van der Waals surface area contributed by atoms with Gasteiger partial charge in [-0.2, -0.15) is 13.2 Å². The van der Waals surface area contributed by atoms with Crippen LogP contribution < -0.4 is 0 Å². The fourth-order valence-corrected chi connectivity index (χ4v) is 1.60. The van der Waals surface area contributed by atoms with Gasteiger partial charge in [0.1, 0.15) is 6.42 Å². The lowest BCUT2D eigenvalue weighted by molar-refractivity contribution is -0.142. The topological polar surface area (TPSA) is 43.4 Å². The maximum atomic E-state index is 12.7. The predicted molar refractivity (Wildman–Crippen MR) is 62.0 cm³/mol. The van der Waals surface area contributed by atoms with Gasteiger partial charge in [0.25, 0.3) is 0 Å². The van der Waals surface area contributed by atoms with Crippen LogP contribution in [0.15, 0.2) is 18.2 Å². The first-order valence-electron chi connectivity index (χ1n) is 5.31. The molecule has 0 fully saturated rings. The molecule has 0 heterocycles. The van der Waals surface area contributed by atoms with E-state index in [1.54, 1.807) is 0 Å². The van der Waals surface area contributed by atoms with Crippen LogP contribution in [-0.4, -0.2) is 18.4 Å². The highest BCUT2D eigenvalue weighted by Crippen LogP contribution is 2.34. The minimum absolute atomic E-state index is 0.0544. The van der Waals surface area contributed by atoms with E-state index in [1.807, 2.05) is 0 Å². The largest absolute Gasteiger partial charge is 0.466 e. The van der Waals surface area contributed by atoms with Gasteiger partial charge in [-0.3, -0.25) is 9.59 Å². The van der Waals surface area contributed by atoms with Crippen molar-refractivity contribution in [1.29, 1.82) is 0 Å².